The number of pyridine rings is 1. The van der Waals surface area contributed by atoms with Crippen LogP contribution >= 0.6 is 15.9 Å². The third kappa shape index (κ3) is 6.27. The average Bonchev–Trinajstić information content (AvgIpc) is 2.66. The van der Waals surface area contributed by atoms with Gasteiger partial charge in [0.15, 0.2) is 6.61 Å². The summed E-state index contributed by atoms with van der Waals surface area (Å²) in [7, 11) is 5.44. The third-order valence-corrected chi connectivity index (χ3v) is 4.44. The highest BCUT2D eigenvalue weighted by atomic mass is 79.9. The summed E-state index contributed by atoms with van der Waals surface area (Å²) in [6, 6.07) is 9.53. The summed E-state index contributed by atoms with van der Waals surface area (Å²) in [6.07, 6.45) is 1.53. The van der Waals surface area contributed by atoms with Gasteiger partial charge in [-0.15, -0.1) is 0 Å². The average molecular weight is 460 g/mol. The zero-order valence-corrected chi connectivity index (χ0v) is 18.3. The maximum absolute atomic E-state index is 12.0. The van der Waals surface area contributed by atoms with Crippen molar-refractivity contribution in [2.45, 2.75) is 13.5 Å². The molecular weight excluding hydrogens is 438 g/mol. The number of methoxy groups -OCH3 is 1. The predicted molar refractivity (Wildman–Crippen MR) is 114 cm³/mol. The minimum atomic E-state index is -0.467. The number of benzene rings is 1. The molecule has 1 aromatic carbocycles. The molecule has 8 nitrogen and oxygen atoms in total. The number of hydrogen-bond donors (Lipinski definition) is 1. The fourth-order valence-electron chi connectivity index (χ4n) is 2.51. The van der Waals surface area contributed by atoms with Crippen LogP contribution in [-0.4, -0.2) is 44.9 Å². The van der Waals surface area contributed by atoms with Crippen LogP contribution in [0.1, 0.15) is 22.4 Å². The smallest absolute Gasteiger partial charge is 0.278 e. The summed E-state index contributed by atoms with van der Waals surface area (Å²) < 4.78 is 11.4. The quantitative estimate of drug-likeness (QED) is 0.481. The van der Waals surface area contributed by atoms with E-state index in [0.717, 1.165) is 15.7 Å². The van der Waals surface area contributed by atoms with E-state index in [1.54, 1.807) is 13.0 Å². The molecule has 2 rings (SSSR count). The third-order valence-electron chi connectivity index (χ3n) is 3.80. The van der Waals surface area contributed by atoms with Crippen LogP contribution in [0.5, 0.6) is 5.88 Å². The minimum absolute atomic E-state index is 0.0990. The molecule has 0 aliphatic heterocycles. The molecule has 0 bridgehead atoms. The molecule has 29 heavy (non-hydrogen) atoms. The molecule has 0 aliphatic rings. The lowest BCUT2D eigenvalue weighted by Crippen LogP contribution is -2.25. The summed E-state index contributed by atoms with van der Waals surface area (Å²) in [6.45, 7) is 1.71. The van der Waals surface area contributed by atoms with Crippen molar-refractivity contribution in [3.63, 3.8) is 0 Å². The van der Waals surface area contributed by atoms with Gasteiger partial charge in [0.1, 0.15) is 11.6 Å². The van der Waals surface area contributed by atoms with Gasteiger partial charge in [0.2, 0.25) is 5.88 Å². The van der Waals surface area contributed by atoms with Gasteiger partial charge in [0.25, 0.3) is 5.91 Å². The summed E-state index contributed by atoms with van der Waals surface area (Å²) >= 11 is 3.50. The summed E-state index contributed by atoms with van der Waals surface area (Å²) in [5.74, 6) is -0.368. The monoisotopic (exact) mass is 459 g/mol. The number of hydrazone groups is 1. The largest absolute Gasteiger partial charge is 0.467 e. The molecule has 0 atom stereocenters. The van der Waals surface area contributed by atoms with Gasteiger partial charge in [0.05, 0.1) is 18.5 Å². The van der Waals surface area contributed by atoms with Crippen LogP contribution in [0.4, 0.5) is 5.69 Å². The Balaban J connectivity index is 1.98. The molecule has 0 saturated heterocycles. The molecule has 2 aromatic rings. The zero-order valence-electron chi connectivity index (χ0n) is 16.7. The number of carbonyl (C=O) groups excluding carboxylic acids is 1. The van der Waals surface area contributed by atoms with Crippen LogP contribution in [0.25, 0.3) is 0 Å². The standard InChI is InChI=1S/C20H22BrN5O3/c1-13-7-15(11-28-4)16(9-22)20(24-13)29-12-19(27)25-23-10-14-5-6-18(26(2)3)17(21)8-14/h5-8,10H,11-12H2,1-4H3,(H,25,27). The summed E-state index contributed by atoms with van der Waals surface area (Å²) in [5.41, 5.74) is 5.82. The Kier molecular flexibility index (Phi) is 8.12. The minimum Gasteiger partial charge on any atom is -0.467 e. The Labute approximate surface area is 178 Å². The highest BCUT2D eigenvalue weighted by molar-refractivity contribution is 9.10. The Bertz CT molecular complexity index is 954. The number of rotatable bonds is 8. The molecule has 1 aromatic heterocycles. The molecule has 0 unspecified atom stereocenters. The molecule has 1 heterocycles. The van der Waals surface area contributed by atoms with E-state index in [1.807, 2.05) is 43.3 Å². The van der Waals surface area contributed by atoms with Crippen molar-refractivity contribution in [2.75, 3.05) is 32.7 Å². The lowest BCUT2D eigenvalue weighted by atomic mass is 10.1. The maximum atomic E-state index is 12.0. The van der Waals surface area contributed by atoms with E-state index in [4.69, 9.17) is 9.47 Å². The lowest BCUT2D eigenvalue weighted by molar-refractivity contribution is -0.123. The van der Waals surface area contributed by atoms with Gasteiger partial charge >= 0.3 is 0 Å². The number of nitriles is 1. The predicted octanol–water partition coefficient (Wildman–Crippen LogP) is 2.77. The Hall–Kier alpha value is -2.96. The number of carbonyl (C=O) groups is 1. The molecule has 0 saturated carbocycles. The van der Waals surface area contributed by atoms with E-state index in [2.05, 4.69) is 31.4 Å². The molecular formula is C20H22BrN5O3. The first-order chi connectivity index (χ1) is 13.8. The van der Waals surface area contributed by atoms with E-state index in [1.165, 1.54) is 13.3 Å². The molecule has 1 N–H and O–H groups in total. The van der Waals surface area contributed by atoms with Gasteiger partial charge < -0.3 is 14.4 Å². The molecule has 0 aliphatic carbocycles. The molecule has 152 valence electrons. The van der Waals surface area contributed by atoms with Crippen LogP contribution in [0.3, 0.4) is 0 Å². The van der Waals surface area contributed by atoms with Crippen LogP contribution in [0.2, 0.25) is 0 Å². The van der Waals surface area contributed by atoms with Crippen LogP contribution in [0, 0.1) is 18.3 Å². The molecule has 0 spiro atoms. The number of nitrogens with one attached hydrogen (secondary N) is 1. The highest BCUT2D eigenvalue weighted by Crippen LogP contribution is 2.25. The number of anilines is 1. The van der Waals surface area contributed by atoms with Gasteiger partial charge in [-0.3, -0.25) is 4.79 Å². The van der Waals surface area contributed by atoms with Crippen molar-refractivity contribution in [1.29, 1.82) is 5.26 Å². The second-order valence-electron chi connectivity index (χ2n) is 6.33. The van der Waals surface area contributed by atoms with E-state index in [-0.39, 0.29) is 24.7 Å². The Morgan fingerprint density at radius 2 is 2.17 bits per heavy atom. The Morgan fingerprint density at radius 3 is 2.79 bits per heavy atom. The number of amides is 1. The number of aryl methyl sites for hydroxylation is 1. The fraction of sp³-hybridized carbons (Fsp3) is 0.300. The second-order valence-corrected chi connectivity index (χ2v) is 7.19. The summed E-state index contributed by atoms with van der Waals surface area (Å²) in [5, 5.41) is 13.3. The highest BCUT2D eigenvalue weighted by Gasteiger charge is 2.14. The molecule has 9 heteroatoms. The second kappa shape index (κ2) is 10.5. The number of ether oxygens (including phenoxy) is 2. The first kappa shape index (κ1) is 22.3. The maximum Gasteiger partial charge on any atom is 0.278 e. The first-order valence-electron chi connectivity index (χ1n) is 8.66. The fourth-order valence-corrected chi connectivity index (χ4v) is 3.27. The van der Waals surface area contributed by atoms with Crippen LogP contribution in [0.15, 0.2) is 33.8 Å². The van der Waals surface area contributed by atoms with E-state index in [0.29, 0.717) is 11.3 Å². The first-order valence-corrected chi connectivity index (χ1v) is 9.46. The summed E-state index contributed by atoms with van der Waals surface area (Å²) in [4.78, 5) is 18.2. The van der Waals surface area contributed by atoms with Crippen LogP contribution in [-0.2, 0) is 16.1 Å². The number of nitrogens with zero attached hydrogens (tertiary/aromatic N) is 4. The van der Waals surface area contributed by atoms with E-state index >= 15 is 0 Å². The van der Waals surface area contributed by atoms with Crippen molar-refractivity contribution in [3.8, 4) is 11.9 Å². The zero-order chi connectivity index (χ0) is 21.4. The number of halogens is 1. The van der Waals surface area contributed by atoms with Crippen molar-refractivity contribution in [1.82, 2.24) is 10.4 Å². The van der Waals surface area contributed by atoms with Gasteiger partial charge in [-0.25, -0.2) is 10.4 Å². The van der Waals surface area contributed by atoms with Gasteiger partial charge in [0, 0.05) is 36.9 Å². The normalized spacial score (nSPS) is 10.6. The number of aromatic nitrogens is 1. The van der Waals surface area contributed by atoms with Gasteiger partial charge in [-0.1, -0.05) is 6.07 Å². The Morgan fingerprint density at radius 1 is 1.41 bits per heavy atom. The molecule has 0 radical (unpaired) electrons. The van der Waals surface area contributed by atoms with E-state index < -0.39 is 5.91 Å². The molecule has 0 fully saturated rings. The van der Waals surface area contributed by atoms with Crippen molar-refractivity contribution >= 4 is 33.7 Å². The SMILES string of the molecule is COCc1cc(C)nc(OCC(=O)NN=Cc2ccc(N(C)C)c(Br)c2)c1C#N. The van der Waals surface area contributed by atoms with Gasteiger partial charge in [-0.05, 0) is 46.6 Å². The van der Waals surface area contributed by atoms with Crippen LogP contribution < -0.4 is 15.1 Å². The lowest BCUT2D eigenvalue weighted by Gasteiger charge is -2.14. The van der Waals surface area contributed by atoms with E-state index in [9.17, 15) is 10.1 Å². The van der Waals surface area contributed by atoms with Gasteiger partial charge in [-0.2, -0.15) is 10.4 Å². The van der Waals surface area contributed by atoms with Crippen molar-refractivity contribution in [3.05, 3.63) is 51.1 Å². The van der Waals surface area contributed by atoms with Crippen molar-refractivity contribution < 1.29 is 14.3 Å². The van der Waals surface area contributed by atoms with Crippen molar-refractivity contribution in [2.24, 2.45) is 5.10 Å². The topological polar surface area (TPSA) is 99.8 Å². The molecule has 1 amide bonds. The number of hydrogen-bond acceptors (Lipinski definition) is 7.